The second kappa shape index (κ2) is 7.17. The lowest BCUT2D eigenvalue weighted by atomic mass is 10.1. The van der Waals surface area contributed by atoms with E-state index in [1.165, 1.54) is 4.31 Å². The monoisotopic (exact) mass is 423 g/mol. The number of hydrogen-bond acceptors (Lipinski definition) is 4. The molecule has 3 rings (SSSR count). The number of rotatable bonds is 6. The maximum absolute atomic E-state index is 12.4. The molecular formula is C18H18BrNO4S. The first kappa shape index (κ1) is 17.9. The van der Waals surface area contributed by atoms with E-state index < -0.39 is 10.0 Å². The minimum Gasteiger partial charge on any atom is -0.484 e. The molecular weight excluding hydrogens is 406 g/mol. The average Bonchev–Trinajstić information content (AvgIpc) is 3.04. The molecule has 0 amide bonds. The van der Waals surface area contributed by atoms with Crippen LogP contribution in [0.25, 0.3) is 0 Å². The Morgan fingerprint density at radius 1 is 1.24 bits per heavy atom. The van der Waals surface area contributed by atoms with Crippen LogP contribution in [0.2, 0.25) is 0 Å². The lowest BCUT2D eigenvalue weighted by Crippen LogP contribution is -2.30. The van der Waals surface area contributed by atoms with Gasteiger partial charge >= 0.3 is 0 Å². The Bertz CT molecular complexity index is 911. The van der Waals surface area contributed by atoms with Crippen molar-refractivity contribution < 1.29 is 17.9 Å². The molecule has 2 aromatic carbocycles. The highest BCUT2D eigenvalue weighted by molar-refractivity contribution is 9.10. The zero-order valence-corrected chi connectivity index (χ0v) is 16.1. The second-order valence-corrected chi connectivity index (χ2v) is 8.74. The van der Waals surface area contributed by atoms with Crippen LogP contribution in [0.4, 0.5) is 5.69 Å². The normalized spacial score (nSPS) is 13.6. The zero-order valence-electron chi connectivity index (χ0n) is 13.7. The van der Waals surface area contributed by atoms with Crippen molar-refractivity contribution in [1.29, 1.82) is 0 Å². The number of Topliss-reactive ketones (excluding diaryl/α,β-unsaturated/α-hetero) is 1. The van der Waals surface area contributed by atoms with E-state index >= 15 is 0 Å². The molecule has 1 heterocycles. The van der Waals surface area contributed by atoms with Crippen molar-refractivity contribution in [2.75, 3.05) is 23.2 Å². The summed E-state index contributed by atoms with van der Waals surface area (Å²) in [4.78, 5) is 12.4. The van der Waals surface area contributed by atoms with Gasteiger partial charge in [-0.25, -0.2) is 8.42 Å². The molecule has 1 aliphatic heterocycles. The van der Waals surface area contributed by atoms with Gasteiger partial charge in [-0.15, -0.1) is 0 Å². The van der Waals surface area contributed by atoms with Crippen LogP contribution in [0, 0.1) is 0 Å². The van der Waals surface area contributed by atoms with Crippen LogP contribution >= 0.6 is 15.9 Å². The van der Waals surface area contributed by atoms with E-state index in [0.717, 1.165) is 10.0 Å². The Labute approximate surface area is 155 Å². The first-order chi connectivity index (χ1) is 11.9. The molecule has 0 saturated carbocycles. The van der Waals surface area contributed by atoms with Gasteiger partial charge in [0, 0.05) is 12.1 Å². The Hall–Kier alpha value is -1.86. The van der Waals surface area contributed by atoms with Gasteiger partial charge < -0.3 is 4.74 Å². The van der Waals surface area contributed by atoms with E-state index in [-0.39, 0.29) is 18.1 Å². The Balaban J connectivity index is 1.75. The highest BCUT2D eigenvalue weighted by atomic mass is 79.9. The average molecular weight is 424 g/mol. The fraction of sp³-hybridized carbons (Fsp3) is 0.278. The van der Waals surface area contributed by atoms with E-state index in [2.05, 4.69) is 15.9 Å². The van der Waals surface area contributed by atoms with Crippen molar-refractivity contribution in [1.82, 2.24) is 0 Å². The van der Waals surface area contributed by atoms with Gasteiger partial charge in [0.05, 0.1) is 15.9 Å². The smallest absolute Gasteiger partial charge is 0.234 e. The summed E-state index contributed by atoms with van der Waals surface area (Å²) in [5, 5.41) is 0. The molecule has 0 aromatic heterocycles. The predicted octanol–water partition coefficient (Wildman–Crippen LogP) is 3.42. The zero-order chi connectivity index (χ0) is 18.0. The fourth-order valence-electron chi connectivity index (χ4n) is 2.78. The molecule has 0 saturated heterocycles. The van der Waals surface area contributed by atoms with Gasteiger partial charge in [0.1, 0.15) is 5.75 Å². The summed E-state index contributed by atoms with van der Waals surface area (Å²) in [7, 11) is -3.28. The van der Waals surface area contributed by atoms with E-state index in [1.807, 2.05) is 18.2 Å². The molecule has 0 atom stereocenters. The minimum atomic E-state index is -3.28. The third-order valence-corrected chi connectivity index (χ3v) is 6.59. The van der Waals surface area contributed by atoms with Crippen LogP contribution < -0.4 is 9.04 Å². The third kappa shape index (κ3) is 3.72. The number of ether oxygens (including phenoxy) is 1. The molecule has 132 valence electrons. The minimum absolute atomic E-state index is 0.0624. The van der Waals surface area contributed by atoms with Crippen molar-refractivity contribution in [2.24, 2.45) is 0 Å². The Morgan fingerprint density at radius 2 is 2.00 bits per heavy atom. The van der Waals surface area contributed by atoms with Crippen LogP contribution in [0.5, 0.6) is 5.75 Å². The number of anilines is 1. The van der Waals surface area contributed by atoms with Crippen molar-refractivity contribution in [2.45, 2.75) is 13.3 Å². The molecule has 0 fully saturated rings. The molecule has 5 nitrogen and oxygen atoms in total. The molecule has 0 N–H and O–H groups in total. The number of sulfonamides is 1. The van der Waals surface area contributed by atoms with Crippen LogP contribution in [0.3, 0.4) is 0 Å². The van der Waals surface area contributed by atoms with Gasteiger partial charge in [0.15, 0.2) is 12.4 Å². The number of ketones is 1. The first-order valence-electron chi connectivity index (χ1n) is 7.96. The number of carbonyl (C=O) groups excluding carboxylic acids is 1. The molecule has 0 spiro atoms. The Kier molecular flexibility index (Phi) is 5.15. The number of hydrogen-bond donors (Lipinski definition) is 0. The second-order valence-electron chi connectivity index (χ2n) is 5.71. The number of nitrogens with zero attached hydrogens (tertiary/aromatic N) is 1. The maximum atomic E-state index is 12.4. The van der Waals surface area contributed by atoms with E-state index in [0.29, 0.717) is 30.0 Å². The van der Waals surface area contributed by atoms with Crippen LogP contribution in [-0.4, -0.2) is 33.1 Å². The van der Waals surface area contributed by atoms with Crippen LogP contribution in [-0.2, 0) is 16.4 Å². The van der Waals surface area contributed by atoms with Gasteiger partial charge in [0.2, 0.25) is 10.0 Å². The van der Waals surface area contributed by atoms with Crippen LogP contribution in [0.15, 0.2) is 46.9 Å². The SMILES string of the molecule is CCS(=O)(=O)N1CCc2cc(C(=O)COc3ccccc3Br)ccc21. The molecule has 7 heteroatoms. The molecule has 25 heavy (non-hydrogen) atoms. The summed E-state index contributed by atoms with van der Waals surface area (Å²) in [6, 6.07) is 12.5. The van der Waals surface area contributed by atoms with Crippen molar-refractivity contribution in [3.8, 4) is 5.75 Å². The standard InChI is InChI=1S/C18H18BrNO4S/c1-2-25(22,23)20-10-9-13-11-14(7-8-16(13)20)17(21)12-24-18-6-4-3-5-15(18)19/h3-8,11H,2,9-10,12H2,1H3. The van der Waals surface area contributed by atoms with Crippen LogP contribution in [0.1, 0.15) is 22.8 Å². The molecule has 0 bridgehead atoms. The third-order valence-electron chi connectivity index (χ3n) is 4.15. The summed E-state index contributed by atoms with van der Waals surface area (Å²) in [5.41, 5.74) is 2.08. The lowest BCUT2D eigenvalue weighted by molar-refractivity contribution is 0.0921. The van der Waals surface area contributed by atoms with Crippen molar-refractivity contribution >= 4 is 37.4 Å². The highest BCUT2D eigenvalue weighted by Gasteiger charge is 2.28. The number of halogens is 1. The van der Waals surface area contributed by atoms with Gasteiger partial charge in [-0.1, -0.05) is 12.1 Å². The van der Waals surface area contributed by atoms with E-state index in [4.69, 9.17) is 4.74 Å². The molecule has 0 radical (unpaired) electrons. The largest absolute Gasteiger partial charge is 0.484 e. The van der Waals surface area contributed by atoms with Crippen molar-refractivity contribution in [3.63, 3.8) is 0 Å². The quantitative estimate of drug-likeness (QED) is 0.667. The maximum Gasteiger partial charge on any atom is 0.234 e. The number of carbonyl (C=O) groups is 1. The summed E-state index contributed by atoms with van der Waals surface area (Å²) < 4.78 is 32.0. The van der Waals surface area contributed by atoms with Gasteiger partial charge in [0.25, 0.3) is 0 Å². The van der Waals surface area contributed by atoms with E-state index in [9.17, 15) is 13.2 Å². The summed E-state index contributed by atoms with van der Waals surface area (Å²) in [6.45, 7) is 1.99. The molecule has 0 aliphatic carbocycles. The van der Waals surface area contributed by atoms with E-state index in [1.54, 1.807) is 31.2 Å². The summed E-state index contributed by atoms with van der Waals surface area (Å²) >= 11 is 3.38. The predicted molar refractivity (Wildman–Crippen MR) is 101 cm³/mol. The van der Waals surface area contributed by atoms with Crippen molar-refractivity contribution in [3.05, 3.63) is 58.1 Å². The number of para-hydroxylation sites is 1. The van der Waals surface area contributed by atoms with Gasteiger partial charge in [-0.3, -0.25) is 9.10 Å². The summed E-state index contributed by atoms with van der Waals surface area (Å²) in [5.74, 6) is 0.528. The summed E-state index contributed by atoms with van der Waals surface area (Å²) in [6.07, 6.45) is 0.612. The Morgan fingerprint density at radius 3 is 2.72 bits per heavy atom. The molecule has 2 aromatic rings. The fourth-order valence-corrected chi connectivity index (χ4v) is 4.34. The van der Waals surface area contributed by atoms with Gasteiger partial charge in [-0.2, -0.15) is 0 Å². The number of benzene rings is 2. The molecule has 0 unspecified atom stereocenters. The first-order valence-corrected chi connectivity index (χ1v) is 10.4. The highest BCUT2D eigenvalue weighted by Crippen LogP contribution is 2.31. The lowest BCUT2D eigenvalue weighted by Gasteiger charge is -2.18. The molecule has 1 aliphatic rings. The van der Waals surface area contributed by atoms with Gasteiger partial charge in [-0.05, 0) is 65.2 Å². The topological polar surface area (TPSA) is 63.7 Å². The number of fused-ring (bicyclic) bond motifs is 1.